The predicted molar refractivity (Wildman–Crippen MR) is 77.4 cm³/mol. The Bertz CT molecular complexity index is 629. The zero-order valence-electron chi connectivity index (χ0n) is 10.5. The maximum absolute atomic E-state index is 11.1. The summed E-state index contributed by atoms with van der Waals surface area (Å²) in [7, 11) is 0. The summed E-state index contributed by atoms with van der Waals surface area (Å²) in [5, 5.41) is 2.40. The number of aliphatic imine (C=N–C) groups is 1. The van der Waals surface area contributed by atoms with Crippen molar-refractivity contribution in [3.8, 4) is 11.3 Å². The minimum absolute atomic E-state index is 0.00812. The van der Waals surface area contributed by atoms with Gasteiger partial charge in [-0.15, -0.1) is 11.3 Å². The monoisotopic (exact) mass is 274 g/mol. The van der Waals surface area contributed by atoms with Gasteiger partial charge in [0.15, 0.2) is 5.96 Å². The first-order valence-electron chi connectivity index (χ1n) is 5.68. The van der Waals surface area contributed by atoms with Crippen LogP contribution >= 0.6 is 11.3 Å². The number of carbonyl (C=O) groups excluding carboxylic acids is 1. The summed E-state index contributed by atoms with van der Waals surface area (Å²) in [6, 6.07) is 7.73. The number of Topliss-reactive ketones (excluding diaryl/α,β-unsaturated/α-hetero) is 1. The van der Waals surface area contributed by atoms with Crippen LogP contribution in [0.2, 0.25) is 0 Å². The molecule has 2 aromatic rings. The number of guanidine groups is 1. The summed E-state index contributed by atoms with van der Waals surface area (Å²) in [4.78, 5) is 19.4. The fraction of sp³-hybridized carbons (Fsp3) is 0.154. The third-order valence-electron chi connectivity index (χ3n) is 2.39. The summed E-state index contributed by atoms with van der Waals surface area (Å²) < 4.78 is 0. The molecule has 0 aliphatic rings. The van der Waals surface area contributed by atoms with Crippen LogP contribution in [0.5, 0.6) is 0 Å². The molecule has 6 heteroatoms. The largest absolute Gasteiger partial charge is 0.370 e. The van der Waals surface area contributed by atoms with E-state index in [1.165, 1.54) is 11.3 Å². The van der Waals surface area contributed by atoms with Gasteiger partial charge < -0.3 is 11.5 Å². The minimum atomic E-state index is -0.00812. The van der Waals surface area contributed by atoms with E-state index in [2.05, 4.69) is 9.98 Å². The quantitative estimate of drug-likeness (QED) is 0.657. The highest BCUT2D eigenvalue weighted by atomic mass is 32.1. The summed E-state index contributed by atoms with van der Waals surface area (Å²) in [5.74, 6) is 0.128. The Labute approximate surface area is 115 Å². The van der Waals surface area contributed by atoms with Crippen LogP contribution in [0.3, 0.4) is 0 Å². The second-order valence-corrected chi connectivity index (χ2v) is 4.97. The molecule has 0 saturated carbocycles. The molecule has 0 aliphatic heterocycles. The molecule has 4 N–H and O–H groups in total. The van der Waals surface area contributed by atoms with E-state index in [1.807, 2.05) is 29.6 Å². The molecular weight excluding hydrogens is 260 g/mol. The zero-order valence-corrected chi connectivity index (χ0v) is 11.3. The number of hydrogen-bond acceptors (Lipinski definition) is 4. The highest BCUT2D eigenvalue weighted by molar-refractivity contribution is 7.13. The van der Waals surface area contributed by atoms with Crippen molar-refractivity contribution in [1.82, 2.24) is 4.98 Å². The molecule has 0 radical (unpaired) electrons. The molecule has 2 rings (SSSR count). The Morgan fingerprint density at radius 1 is 1.42 bits per heavy atom. The molecule has 1 aromatic carbocycles. The van der Waals surface area contributed by atoms with E-state index >= 15 is 0 Å². The molecule has 0 unspecified atom stereocenters. The molecule has 0 aliphatic carbocycles. The van der Waals surface area contributed by atoms with Crippen LogP contribution in [0, 0.1) is 0 Å². The van der Waals surface area contributed by atoms with Gasteiger partial charge in [-0.25, -0.2) is 4.98 Å². The number of rotatable bonds is 4. The summed E-state index contributed by atoms with van der Waals surface area (Å²) >= 11 is 1.37. The molecule has 5 nitrogen and oxygen atoms in total. The van der Waals surface area contributed by atoms with Crippen LogP contribution < -0.4 is 11.5 Å². The van der Waals surface area contributed by atoms with Gasteiger partial charge in [-0.3, -0.25) is 4.79 Å². The van der Waals surface area contributed by atoms with Crippen molar-refractivity contribution in [1.29, 1.82) is 0 Å². The first kappa shape index (κ1) is 13.2. The zero-order chi connectivity index (χ0) is 13.8. The van der Waals surface area contributed by atoms with Crippen molar-refractivity contribution in [3.05, 3.63) is 35.2 Å². The molecule has 0 amide bonds. The molecule has 0 saturated heterocycles. The Hall–Kier alpha value is -2.21. The lowest BCUT2D eigenvalue weighted by Gasteiger charge is -2.01. The number of carbonyl (C=O) groups is 1. The third-order valence-corrected chi connectivity index (χ3v) is 3.13. The number of nitrogens with zero attached hydrogens (tertiary/aromatic N) is 2. The lowest BCUT2D eigenvalue weighted by Crippen LogP contribution is -2.21. The summed E-state index contributed by atoms with van der Waals surface area (Å²) in [6.45, 7) is 1.58. The van der Waals surface area contributed by atoms with E-state index in [1.54, 1.807) is 6.92 Å². The SMILES string of the molecule is CC(=O)Cc1cccc(-c2csc(N=C(N)N)n2)c1. The fourth-order valence-corrected chi connectivity index (χ4v) is 2.40. The van der Waals surface area contributed by atoms with Crippen molar-refractivity contribution in [2.24, 2.45) is 16.5 Å². The van der Waals surface area contributed by atoms with Gasteiger partial charge in [-0.05, 0) is 18.6 Å². The van der Waals surface area contributed by atoms with Gasteiger partial charge >= 0.3 is 0 Å². The highest BCUT2D eigenvalue weighted by Gasteiger charge is 2.06. The lowest BCUT2D eigenvalue weighted by molar-refractivity contribution is -0.116. The third kappa shape index (κ3) is 3.62. The van der Waals surface area contributed by atoms with Crippen molar-refractivity contribution in [2.45, 2.75) is 13.3 Å². The van der Waals surface area contributed by atoms with Crippen LogP contribution in [0.4, 0.5) is 5.13 Å². The molecule has 0 bridgehead atoms. The number of ketones is 1. The van der Waals surface area contributed by atoms with E-state index < -0.39 is 0 Å². The molecule has 19 heavy (non-hydrogen) atoms. The van der Waals surface area contributed by atoms with Crippen LogP contribution in [-0.2, 0) is 11.2 Å². The second kappa shape index (κ2) is 5.62. The minimum Gasteiger partial charge on any atom is -0.370 e. The van der Waals surface area contributed by atoms with Crippen molar-refractivity contribution < 1.29 is 4.79 Å². The first-order chi connectivity index (χ1) is 9.04. The van der Waals surface area contributed by atoms with Gasteiger partial charge in [-0.1, -0.05) is 18.2 Å². The molecule has 1 heterocycles. The van der Waals surface area contributed by atoms with Gasteiger partial charge in [0.2, 0.25) is 5.13 Å². The molecule has 1 aromatic heterocycles. The summed E-state index contributed by atoms with van der Waals surface area (Å²) in [6.07, 6.45) is 0.429. The molecule has 0 spiro atoms. The van der Waals surface area contributed by atoms with Gasteiger partial charge in [0.1, 0.15) is 5.78 Å². The number of hydrogen-bond donors (Lipinski definition) is 2. The van der Waals surface area contributed by atoms with Crippen LogP contribution in [0.15, 0.2) is 34.6 Å². The number of nitrogens with two attached hydrogens (primary N) is 2. The Morgan fingerprint density at radius 3 is 2.89 bits per heavy atom. The van der Waals surface area contributed by atoms with E-state index in [0.717, 1.165) is 16.8 Å². The molecule has 0 atom stereocenters. The maximum atomic E-state index is 11.1. The molecular formula is C13H14N4OS. The van der Waals surface area contributed by atoms with E-state index in [4.69, 9.17) is 11.5 Å². The van der Waals surface area contributed by atoms with Gasteiger partial charge in [0.05, 0.1) is 5.69 Å². The van der Waals surface area contributed by atoms with Gasteiger partial charge in [0.25, 0.3) is 0 Å². The fourth-order valence-electron chi connectivity index (χ4n) is 1.69. The maximum Gasteiger partial charge on any atom is 0.212 e. The smallest absolute Gasteiger partial charge is 0.212 e. The normalized spacial score (nSPS) is 10.2. The number of benzene rings is 1. The van der Waals surface area contributed by atoms with E-state index in [-0.39, 0.29) is 11.7 Å². The average molecular weight is 274 g/mol. The van der Waals surface area contributed by atoms with Crippen molar-refractivity contribution in [2.75, 3.05) is 0 Å². The number of aromatic nitrogens is 1. The van der Waals surface area contributed by atoms with E-state index in [9.17, 15) is 4.79 Å². The topological polar surface area (TPSA) is 94.4 Å². The Morgan fingerprint density at radius 2 is 2.21 bits per heavy atom. The molecule has 0 fully saturated rings. The standard InChI is InChI=1S/C13H14N4OS/c1-8(18)5-9-3-2-4-10(6-9)11-7-19-13(16-11)17-12(14)15/h2-4,6-7H,5H2,1H3,(H4,14,15,16,17). The lowest BCUT2D eigenvalue weighted by atomic mass is 10.1. The average Bonchev–Trinajstić information content (AvgIpc) is 2.76. The van der Waals surface area contributed by atoms with E-state index in [0.29, 0.717) is 11.6 Å². The first-order valence-corrected chi connectivity index (χ1v) is 6.56. The van der Waals surface area contributed by atoms with Crippen LogP contribution in [-0.4, -0.2) is 16.7 Å². The number of thiazole rings is 1. The molecule has 98 valence electrons. The van der Waals surface area contributed by atoms with Crippen LogP contribution in [0.1, 0.15) is 12.5 Å². The predicted octanol–water partition coefficient (Wildman–Crippen LogP) is 1.85. The van der Waals surface area contributed by atoms with Crippen molar-refractivity contribution in [3.63, 3.8) is 0 Å². The Kier molecular flexibility index (Phi) is 3.91. The van der Waals surface area contributed by atoms with Gasteiger partial charge in [0, 0.05) is 17.4 Å². The second-order valence-electron chi connectivity index (χ2n) is 4.13. The summed E-state index contributed by atoms with van der Waals surface area (Å²) in [5.41, 5.74) is 13.3. The Balaban J connectivity index is 2.29. The van der Waals surface area contributed by atoms with Gasteiger partial charge in [-0.2, -0.15) is 4.99 Å². The highest BCUT2D eigenvalue weighted by Crippen LogP contribution is 2.27. The van der Waals surface area contributed by atoms with Crippen molar-refractivity contribution >= 4 is 28.2 Å². The van der Waals surface area contributed by atoms with Crippen LogP contribution in [0.25, 0.3) is 11.3 Å².